The highest BCUT2D eigenvalue weighted by Gasteiger charge is 2.57. The highest BCUT2D eigenvalue weighted by Crippen LogP contribution is 2.49. The summed E-state index contributed by atoms with van der Waals surface area (Å²) >= 11 is 0. The molecule has 1 unspecified atom stereocenters. The lowest BCUT2D eigenvalue weighted by atomic mass is 9.75. The Hall–Kier alpha value is -2.43. The summed E-state index contributed by atoms with van der Waals surface area (Å²) < 4.78 is 48.1. The lowest BCUT2D eigenvalue weighted by molar-refractivity contribution is -0.254. The number of ether oxygens (including phenoxy) is 1. The van der Waals surface area contributed by atoms with E-state index in [1.807, 2.05) is 51.2 Å². The molecule has 178 valence electrons. The maximum Gasteiger partial charge on any atom is 0.415 e. The average Bonchev–Trinajstić information content (AvgIpc) is 3.22. The number of pyridine rings is 1. The van der Waals surface area contributed by atoms with Gasteiger partial charge >= 0.3 is 6.18 Å². The molecule has 0 N–H and O–H groups in total. The Balaban J connectivity index is 1.90. The first kappa shape index (κ1) is 25.2. The second kappa shape index (κ2) is 9.82. The number of benzene rings is 1. The van der Waals surface area contributed by atoms with Crippen molar-refractivity contribution < 1.29 is 17.9 Å². The van der Waals surface area contributed by atoms with Crippen molar-refractivity contribution in [2.75, 3.05) is 19.7 Å². The zero-order valence-electron chi connectivity index (χ0n) is 19.7. The number of nitrogens with zero attached hydrogens (tertiary/aromatic N) is 3. The lowest BCUT2D eigenvalue weighted by Crippen LogP contribution is -2.50. The SMILES string of the molecule is CCOC(C(F)(F)F)[C@]1(CCc2ccc(C#N)cc2)CCN(C(C)(C)c2ccc(C)nc2)C1. The Morgan fingerprint density at radius 1 is 1.18 bits per heavy atom. The third kappa shape index (κ3) is 5.56. The van der Waals surface area contributed by atoms with E-state index in [9.17, 15) is 13.2 Å². The van der Waals surface area contributed by atoms with Crippen LogP contribution < -0.4 is 0 Å². The van der Waals surface area contributed by atoms with Gasteiger partial charge in [0.1, 0.15) is 0 Å². The number of hydrogen-bond donors (Lipinski definition) is 0. The van der Waals surface area contributed by atoms with Crippen molar-refractivity contribution in [1.82, 2.24) is 9.88 Å². The van der Waals surface area contributed by atoms with Crippen LogP contribution in [0.15, 0.2) is 42.6 Å². The highest BCUT2D eigenvalue weighted by atomic mass is 19.4. The van der Waals surface area contributed by atoms with Gasteiger partial charge in [-0.2, -0.15) is 18.4 Å². The summed E-state index contributed by atoms with van der Waals surface area (Å²) in [4.78, 5) is 6.53. The molecule has 0 bridgehead atoms. The maximum atomic E-state index is 14.2. The first-order valence-electron chi connectivity index (χ1n) is 11.4. The largest absolute Gasteiger partial charge is 0.415 e. The van der Waals surface area contributed by atoms with E-state index in [4.69, 9.17) is 10.00 Å². The van der Waals surface area contributed by atoms with Crippen molar-refractivity contribution in [2.24, 2.45) is 5.41 Å². The van der Waals surface area contributed by atoms with Crippen LogP contribution in [0.5, 0.6) is 0 Å². The van der Waals surface area contributed by atoms with Gasteiger partial charge in [-0.1, -0.05) is 18.2 Å². The third-order valence-corrected chi connectivity index (χ3v) is 6.98. The molecule has 1 saturated heterocycles. The molecule has 2 aromatic rings. The second-order valence-corrected chi connectivity index (χ2v) is 9.47. The van der Waals surface area contributed by atoms with Crippen LogP contribution in [0.2, 0.25) is 0 Å². The van der Waals surface area contributed by atoms with E-state index in [-0.39, 0.29) is 13.2 Å². The van der Waals surface area contributed by atoms with E-state index in [0.29, 0.717) is 31.4 Å². The molecular weight excluding hydrogens is 427 g/mol. The Bertz CT molecular complexity index is 964. The van der Waals surface area contributed by atoms with Crippen LogP contribution >= 0.6 is 0 Å². The predicted octanol–water partition coefficient (Wildman–Crippen LogP) is 5.79. The molecule has 2 heterocycles. The lowest BCUT2D eigenvalue weighted by Gasteiger charge is -2.41. The first-order valence-corrected chi connectivity index (χ1v) is 11.4. The van der Waals surface area contributed by atoms with Crippen molar-refractivity contribution in [2.45, 2.75) is 64.8 Å². The van der Waals surface area contributed by atoms with Gasteiger partial charge in [-0.25, -0.2) is 0 Å². The van der Waals surface area contributed by atoms with Gasteiger partial charge in [-0.3, -0.25) is 9.88 Å². The van der Waals surface area contributed by atoms with Crippen molar-refractivity contribution in [1.29, 1.82) is 5.26 Å². The number of aromatic nitrogens is 1. The normalized spacial score (nSPS) is 20.5. The molecule has 0 spiro atoms. The van der Waals surface area contributed by atoms with Crippen LogP contribution in [0.4, 0.5) is 13.2 Å². The summed E-state index contributed by atoms with van der Waals surface area (Å²) in [6.07, 6.45) is -3.23. The van der Waals surface area contributed by atoms with E-state index in [1.165, 1.54) is 0 Å². The molecule has 0 radical (unpaired) electrons. The number of alkyl halides is 3. The van der Waals surface area contributed by atoms with Crippen LogP contribution in [0.1, 0.15) is 56.0 Å². The van der Waals surface area contributed by atoms with Gasteiger partial charge in [-0.05, 0) is 82.8 Å². The fourth-order valence-electron chi connectivity index (χ4n) is 4.86. The molecule has 0 saturated carbocycles. The number of hydrogen-bond acceptors (Lipinski definition) is 4. The van der Waals surface area contributed by atoms with E-state index in [1.54, 1.807) is 19.1 Å². The van der Waals surface area contributed by atoms with Gasteiger partial charge in [0, 0.05) is 36.0 Å². The second-order valence-electron chi connectivity index (χ2n) is 9.47. The zero-order chi connectivity index (χ0) is 24.3. The van der Waals surface area contributed by atoms with Gasteiger partial charge in [0.15, 0.2) is 6.10 Å². The number of likely N-dealkylation sites (tertiary alicyclic amines) is 1. The minimum Gasteiger partial charge on any atom is -0.368 e. The van der Waals surface area contributed by atoms with E-state index >= 15 is 0 Å². The van der Waals surface area contributed by atoms with Crippen molar-refractivity contribution in [3.05, 3.63) is 65.0 Å². The molecule has 1 fully saturated rings. The number of aryl methyl sites for hydroxylation is 2. The predicted molar refractivity (Wildman–Crippen MR) is 122 cm³/mol. The molecule has 1 aliphatic rings. The van der Waals surface area contributed by atoms with Crippen molar-refractivity contribution >= 4 is 0 Å². The smallest absolute Gasteiger partial charge is 0.368 e. The standard InChI is InChI=1S/C26H32F3N3O/c1-5-33-23(26(27,28)29)25(13-12-20-7-9-21(16-30)10-8-20)14-15-32(18-25)24(3,4)22-11-6-19(2)31-17-22/h6-11,17,23H,5,12-15,18H2,1-4H3/t23?,25-/m1/s1. The van der Waals surface area contributed by atoms with Crippen molar-refractivity contribution in [3.8, 4) is 6.07 Å². The summed E-state index contributed by atoms with van der Waals surface area (Å²) in [5.41, 5.74) is 1.83. The highest BCUT2D eigenvalue weighted by molar-refractivity contribution is 5.31. The topological polar surface area (TPSA) is 49.1 Å². The molecular formula is C26H32F3N3O. The molecule has 3 rings (SSSR count). The minimum atomic E-state index is -4.45. The molecule has 1 aliphatic heterocycles. The molecule has 1 aromatic carbocycles. The Morgan fingerprint density at radius 3 is 2.42 bits per heavy atom. The molecule has 7 heteroatoms. The summed E-state index contributed by atoms with van der Waals surface area (Å²) in [6.45, 7) is 8.45. The quantitative estimate of drug-likeness (QED) is 0.501. The van der Waals surface area contributed by atoms with E-state index in [0.717, 1.165) is 16.8 Å². The van der Waals surface area contributed by atoms with E-state index in [2.05, 4.69) is 16.0 Å². The zero-order valence-corrected chi connectivity index (χ0v) is 19.7. The maximum absolute atomic E-state index is 14.2. The van der Waals surface area contributed by atoms with Gasteiger partial charge in [0.05, 0.1) is 11.6 Å². The molecule has 4 nitrogen and oxygen atoms in total. The van der Waals surface area contributed by atoms with Gasteiger partial charge in [-0.15, -0.1) is 0 Å². The van der Waals surface area contributed by atoms with Gasteiger partial charge in [0.25, 0.3) is 0 Å². The van der Waals surface area contributed by atoms with Crippen molar-refractivity contribution in [3.63, 3.8) is 0 Å². The summed E-state index contributed by atoms with van der Waals surface area (Å²) in [6, 6.07) is 13.1. The van der Waals surface area contributed by atoms with Gasteiger partial charge < -0.3 is 4.74 Å². The third-order valence-electron chi connectivity index (χ3n) is 6.98. The monoisotopic (exact) mass is 459 g/mol. The number of rotatable bonds is 8. The molecule has 33 heavy (non-hydrogen) atoms. The van der Waals surface area contributed by atoms with Gasteiger partial charge in [0.2, 0.25) is 0 Å². The number of nitriles is 1. The van der Waals surface area contributed by atoms with Crippen LogP contribution in [0.25, 0.3) is 0 Å². The fourth-order valence-corrected chi connectivity index (χ4v) is 4.86. The molecule has 2 atom stereocenters. The van der Waals surface area contributed by atoms with Crippen LogP contribution in [0.3, 0.4) is 0 Å². The fraction of sp³-hybridized carbons (Fsp3) is 0.538. The summed E-state index contributed by atoms with van der Waals surface area (Å²) in [7, 11) is 0. The van der Waals surface area contributed by atoms with Crippen LogP contribution in [-0.2, 0) is 16.7 Å². The molecule has 0 amide bonds. The van der Waals surface area contributed by atoms with Crippen LogP contribution in [0, 0.1) is 23.7 Å². The van der Waals surface area contributed by atoms with E-state index < -0.39 is 23.2 Å². The van der Waals surface area contributed by atoms with Crippen LogP contribution in [-0.4, -0.2) is 41.9 Å². The average molecular weight is 460 g/mol. The summed E-state index contributed by atoms with van der Waals surface area (Å²) in [5, 5.41) is 9.01. The molecule has 0 aliphatic carbocycles. The number of halogens is 3. The minimum absolute atomic E-state index is 0.00800. The summed E-state index contributed by atoms with van der Waals surface area (Å²) in [5.74, 6) is 0. The first-order chi connectivity index (χ1) is 15.5. The Morgan fingerprint density at radius 2 is 1.88 bits per heavy atom. The molecule has 1 aromatic heterocycles. The Labute approximate surface area is 194 Å². The Kier molecular flexibility index (Phi) is 7.50.